The second kappa shape index (κ2) is 11.2. The van der Waals surface area contributed by atoms with Gasteiger partial charge in [-0.3, -0.25) is 14.5 Å². The van der Waals surface area contributed by atoms with Crippen molar-refractivity contribution in [3.63, 3.8) is 0 Å². The number of carboxylic acids is 1. The summed E-state index contributed by atoms with van der Waals surface area (Å²) in [6, 6.07) is 25.9. The molecular formula is C29H29N3O3S. The van der Waals surface area contributed by atoms with Crippen molar-refractivity contribution in [1.29, 1.82) is 0 Å². The van der Waals surface area contributed by atoms with E-state index in [1.54, 1.807) is 7.05 Å². The van der Waals surface area contributed by atoms with Gasteiger partial charge in [0.05, 0.1) is 18.0 Å². The van der Waals surface area contributed by atoms with Crippen LogP contribution in [0.3, 0.4) is 0 Å². The smallest absolute Gasteiger partial charge is 0.304 e. The highest BCUT2D eigenvalue weighted by molar-refractivity contribution is 7.14. The van der Waals surface area contributed by atoms with Crippen molar-refractivity contribution in [3.05, 3.63) is 89.8 Å². The Kier molecular flexibility index (Phi) is 7.80. The number of hydrogen-bond donors (Lipinski definition) is 1. The largest absolute Gasteiger partial charge is 0.481 e. The molecule has 7 heteroatoms. The average molecular weight is 500 g/mol. The molecule has 0 aliphatic rings. The first-order valence-electron chi connectivity index (χ1n) is 11.7. The number of hydrogen-bond acceptors (Lipinski definition) is 5. The van der Waals surface area contributed by atoms with Crippen molar-refractivity contribution in [2.45, 2.75) is 12.8 Å². The second-order valence-corrected chi connectivity index (χ2v) is 9.72. The molecule has 4 rings (SSSR count). The molecule has 6 nitrogen and oxygen atoms in total. The molecule has 0 saturated heterocycles. The number of rotatable bonds is 9. The molecule has 36 heavy (non-hydrogen) atoms. The van der Waals surface area contributed by atoms with E-state index >= 15 is 0 Å². The molecule has 0 fully saturated rings. The number of aromatic nitrogens is 1. The highest BCUT2D eigenvalue weighted by atomic mass is 32.1. The quantitative estimate of drug-likeness (QED) is 0.313. The third kappa shape index (κ3) is 5.80. The molecule has 1 N–H and O–H groups in total. The molecule has 0 aliphatic heterocycles. The lowest BCUT2D eigenvalue weighted by atomic mass is 9.95. The van der Waals surface area contributed by atoms with Crippen LogP contribution in [0.2, 0.25) is 0 Å². The lowest BCUT2D eigenvalue weighted by Gasteiger charge is -2.21. The highest BCUT2D eigenvalue weighted by Crippen LogP contribution is 2.35. The summed E-state index contributed by atoms with van der Waals surface area (Å²) in [4.78, 5) is 33.1. The average Bonchev–Trinajstić information content (AvgIpc) is 3.38. The van der Waals surface area contributed by atoms with Gasteiger partial charge in [-0.2, -0.15) is 0 Å². The van der Waals surface area contributed by atoms with E-state index in [0.717, 1.165) is 33.6 Å². The molecule has 0 spiro atoms. The molecule has 184 valence electrons. The highest BCUT2D eigenvalue weighted by Gasteiger charge is 2.27. The third-order valence-corrected chi connectivity index (χ3v) is 7.02. The molecule has 3 aromatic carbocycles. The van der Waals surface area contributed by atoms with Gasteiger partial charge in [-0.25, -0.2) is 4.98 Å². The van der Waals surface area contributed by atoms with E-state index in [-0.39, 0.29) is 12.3 Å². The number of carboxylic acid groups (broad SMARTS) is 1. The Bertz CT molecular complexity index is 1330. The maximum atomic E-state index is 13.3. The normalized spacial score (nSPS) is 11.6. The number of thiazole rings is 1. The first-order chi connectivity index (χ1) is 17.3. The maximum Gasteiger partial charge on any atom is 0.304 e. The number of aliphatic carboxylic acids is 1. The van der Waals surface area contributed by atoms with E-state index in [0.29, 0.717) is 11.6 Å². The van der Waals surface area contributed by atoms with Gasteiger partial charge in [-0.05, 0) is 35.2 Å². The van der Waals surface area contributed by atoms with Crippen molar-refractivity contribution >= 4 is 34.0 Å². The lowest BCUT2D eigenvalue weighted by molar-refractivity contribution is -0.140. The van der Waals surface area contributed by atoms with Gasteiger partial charge < -0.3 is 10.0 Å². The second-order valence-electron chi connectivity index (χ2n) is 8.88. The van der Waals surface area contributed by atoms with Gasteiger partial charge in [0.1, 0.15) is 0 Å². The number of anilines is 2. The summed E-state index contributed by atoms with van der Waals surface area (Å²) in [5.41, 5.74) is 5.95. The van der Waals surface area contributed by atoms with E-state index in [1.165, 1.54) is 16.2 Å². The summed E-state index contributed by atoms with van der Waals surface area (Å²) < 4.78 is 0. The van der Waals surface area contributed by atoms with Crippen LogP contribution >= 0.6 is 11.3 Å². The SMILES string of the molecule is CN(C)c1ccc(-c2ccccc2-c2csc(N(C)C(=O)[C@@H](CC(=O)O)Cc3ccccc3)n2)cc1. The van der Waals surface area contributed by atoms with Gasteiger partial charge >= 0.3 is 5.97 Å². The number of nitrogens with zero attached hydrogens (tertiary/aromatic N) is 3. The van der Waals surface area contributed by atoms with Crippen molar-refractivity contribution < 1.29 is 14.7 Å². The van der Waals surface area contributed by atoms with Crippen LogP contribution in [0.1, 0.15) is 12.0 Å². The molecule has 1 aromatic heterocycles. The molecule has 1 atom stereocenters. The zero-order valence-electron chi connectivity index (χ0n) is 20.6. The molecule has 0 bridgehead atoms. The maximum absolute atomic E-state index is 13.3. The van der Waals surface area contributed by atoms with Crippen molar-refractivity contribution in [1.82, 2.24) is 4.98 Å². The standard InChI is InChI=1S/C29H29N3O3S/c1-31(2)23-15-13-21(14-16-23)24-11-7-8-12-25(24)26-19-36-29(30-26)32(3)28(35)22(18-27(33)34)17-20-9-5-4-6-10-20/h4-16,19,22H,17-18H2,1-3H3,(H,33,34)/t22-/m1/s1. The van der Waals surface area contributed by atoms with Crippen LogP contribution in [-0.2, 0) is 16.0 Å². The predicted octanol–water partition coefficient (Wildman–Crippen LogP) is 5.84. The third-order valence-electron chi connectivity index (χ3n) is 6.10. The van der Waals surface area contributed by atoms with Crippen molar-refractivity contribution in [2.75, 3.05) is 30.9 Å². The van der Waals surface area contributed by atoms with E-state index in [1.807, 2.05) is 68.0 Å². The summed E-state index contributed by atoms with van der Waals surface area (Å²) in [6.07, 6.45) is 0.127. The van der Waals surface area contributed by atoms with Gasteiger partial charge in [-0.15, -0.1) is 11.3 Å². The molecule has 4 aromatic rings. The van der Waals surface area contributed by atoms with Gasteiger partial charge in [0, 0.05) is 37.8 Å². The van der Waals surface area contributed by atoms with Crippen LogP contribution < -0.4 is 9.80 Å². The van der Waals surface area contributed by atoms with Gasteiger partial charge in [0.2, 0.25) is 5.91 Å². The minimum Gasteiger partial charge on any atom is -0.481 e. The van der Waals surface area contributed by atoms with Crippen LogP contribution in [0.15, 0.2) is 84.2 Å². The zero-order valence-corrected chi connectivity index (χ0v) is 21.4. The Balaban J connectivity index is 1.59. The van der Waals surface area contributed by atoms with E-state index < -0.39 is 11.9 Å². The topological polar surface area (TPSA) is 73.7 Å². The zero-order chi connectivity index (χ0) is 25.7. The monoisotopic (exact) mass is 499 g/mol. The molecule has 0 unspecified atom stereocenters. The molecule has 1 heterocycles. The Labute approximate surface area is 215 Å². The van der Waals surface area contributed by atoms with Crippen molar-refractivity contribution in [3.8, 4) is 22.4 Å². The minimum atomic E-state index is -0.994. The molecule has 0 radical (unpaired) electrons. The predicted molar refractivity (Wildman–Crippen MR) is 147 cm³/mol. The van der Waals surface area contributed by atoms with Crippen LogP contribution in [0.5, 0.6) is 0 Å². The van der Waals surface area contributed by atoms with Crippen LogP contribution in [0.25, 0.3) is 22.4 Å². The van der Waals surface area contributed by atoms with E-state index in [9.17, 15) is 14.7 Å². The Hall–Kier alpha value is -3.97. The summed E-state index contributed by atoms with van der Waals surface area (Å²) in [6.45, 7) is 0. The van der Waals surface area contributed by atoms with Gasteiger partial charge in [-0.1, -0.05) is 66.7 Å². The van der Waals surface area contributed by atoms with Crippen LogP contribution in [0.4, 0.5) is 10.8 Å². The molecule has 1 amide bonds. The fourth-order valence-electron chi connectivity index (χ4n) is 4.16. The molecule has 0 saturated carbocycles. The first kappa shape index (κ1) is 25.1. The number of carbonyl (C=O) groups is 2. The first-order valence-corrected chi connectivity index (χ1v) is 12.6. The summed E-state index contributed by atoms with van der Waals surface area (Å²) in [5.74, 6) is -1.92. The molecular weight excluding hydrogens is 470 g/mol. The summed E-state index contributed by atoms with van der Waals surface area (Å²) in [7, 11) is 5.69. The van der Waals surface area contributed by atoms with Gasteiger partial charge in [0.25, 0.3) is 0 Å². The Morgan fingerprint density at radius 1 is 0.889 bits per heavy atom. The molecule has 0 aliphatic carbocycles. The summed E-state index contributed by atoms with van der Waals surface area (Å²) in [5, 5.41) is 11.9. The van der Waals surface area contributed by atoms with Gasteiger partial charge in [0.15, 0.2) is 5.13 Å². The lowest BCUT2D eigenvalue weighted by Crippen LogP contribution is -2.35. The fourth-order valence-corrected chi connectivity index (χ4v) is 4.96. The number of benzene rings is 3. The minimum absolute atomic E-state index is 0.234. The Morgan fingerprint density at radius 2 is 1.53 bits per heavy atom. The van der Waals surface area contributed by atoms with Crippen LogP contribution in [-0.4, -0.2) is 43.1 Å². The number of carbonyl (C=O) groups excluding carboxylic acids is 1. The fraction of sp³-hybridized carbons (Fsp3) is 0.207. The number of amides is 1. The van der Waals surface area contributed by atoms with Crippen LogP contribution in [0, 0.1) is 5.92 Å². The summed E-state index contributed by atoms with van der Waals surface area (Å²) >= 11 is 1.37. The van der Waals surface area contributed by atoms with E-state index in [2.05, 4.69) is 35.2 Å². The van der Waals surface area contributed by atoms with Crippen molar-refractivity contribution in [2.24, 2.45) is 5.92 Å². The van der Waals surface area contributed by atoms with E-state index in [4.69, 9.17) is 4.98 Å². The Morgan fingerprint density at radius 3 is 2.17 bits per heavy atom.